The van der Waals surface area contributed by atoms with Gasteiger partial charge in [-0.25, -0.2) is 0 Å². The number of nitrogens with two attached hydrogens (primary N) is 1. The first-order valence-electron chi connectivity index (χ1n) is 7.67. The van der Waals surface area contributed by atoms with Crippen LogP contribution < -0.4 is 5.73 Å². The summed E-state index contributed by atoms with van der Waals surface area (Å²) in [5, 5.41) is 0. The van der Waals surface area contributed by atoms with Crippen molar-refractivity contribution < 1.29 is 4.43 Å². The van der Waals surface area contributed by atoms with E-state index in [0.717, 1.165) is 19.4 Å². The van der Waals surface area contributed by atoms with Crippen LogP contribution in [-0.4, -0.2) is 20.5 Å². The van der Waals surface area contributed by atoms with Gasteiger partial charge in [0.15, 0.2) is 8.32 Å². The summed E-state index contributed by atoms with van der Waals surface area (Å²) in [5.74, 6) is 0. The summed E-state index contributed by atoms with van der Waals surface area (Å²) >= 11 is 0. The molecule has 0 spiro atoms. The molecule has 0 bridgehead atoms. The molecular weight excluding hydrogens is 238 g/mol. The van der Waals surface area contributed by atoms with Crippen LogP contribution in [0.15, 0.2) is 0 Å². The van der Waals surface area contributed by atoms with Crippen LogP contribution in [0.5, 0.6) is 0 Å². The average molecular weight is 272 g/mol. The molecule has 0 radical (unpaired) electrons. The monoisotopic (exact) mass is 271 g/mol. The van der Waals surface area contributed by atoms with Crippen LogP contribution in [0.1, 0.15) is 67.2 Å². The van der Waals surface area contributed by atoms with E-state index < -0.39 is 8.32 Å². The summed E-state index contributed by atoms with van der Waals surface area (Å²) in [4.78, 5) is 0. The van der Waals surface area contributed by atoms with Crippen LogP contribution in [0, 0.1) is 0 Å². The predicted molar refractivity (Wildman–Crippen MR) is 82.4 cm³/mol. The SMILES string of the molecule is CC(C)[Si](OCC1(N)CCCC1)(C(C)C)C(C)C. The van der Waals surface area contributed by atoms with Crippen molar-refractivity contribution in [1.29, 1.82) is 0 Å². The molecule has 0 heterocycles. The van der Waals surface area contributed by atoms with Crippen LogP contribution in [0.25, 0.3) is 0 Å². The molecule has 1 fully saturated rings. The van der Waals surface area contributed by atoms with Crippen molar-refractivity contribution in [3.63, 3.8) is 0 Å². The molecule has 1 saturated carbocycles. The lowest BCUT2D eigenvalue weighted by atomic mass is 10.0. The fraction of sp³-hybridized carbons (Fsp3) is 1.00. The van der Waals surface area contributed by atoms with E-state index >= 15 is 0 Å². The molecule has 0 aromatic rings. The van der Waals surface area contributed by atoms with Gasteiger partial charge in [-0.15, -0.1) is 0 Å². The Morgan fingerprint density at radius 3 is 1.67 bits per heavy atom. The van der Waals surface area contributed by atoms with Crippen LogP contribution in [0.2, 0.25) is 16.6 Å². The van der Waals surface area contributed by atoms with E-state index in [-0.39, 0.29) is 5.54 Å². The van der Waals surface area contributed by atoms with Gasteiger partial charge in [0.05, 0.1) is 6.61 Å². The summed E-state index contributed by atoms with van der Waals surface area (Å²) in [7, 11) is -1.72. The van der Waals surface area contributed by atoms with Crippen LogP contribution >= 0.6 is 0 Å². The molecule has 0 amide bonds. The smallest absolute Gasteiger partial charge is 0.200 e. The predicted octanol–water partition coefficient (Wildman–Crippen LogP) is 4.45. The van der Waals surface area contributed by atoms with E-state index in [1.54, 1.807) is 0 Å². The largest absolute Gasteiger partial charge is 0.414 e. The van der Waals surface area contributed by atoms with Crippen LogP contribution in [0.4, 0.5) is 0 Å². The van der Waals surface area contributed by atoms with Gasteiger partial charge in [-0.2, -0.15) is 0 Å². The zero-order valence-electron chi connectivity index (χ0n) is 13.3. The third-order valence-electron chi connectivity index (χ3n) is 4.92. The van der Waals surface area contributed by atoms with Gasteiger partial charge in [0.1, 0.15) is 0 Å². The fourth-order valence-electron chi connectivity index (χ4n) is 3.99. The van der Waals surface area contributed by atoms with Crippen LogP contribution in [0.3, 0.4) is 0 Å². The maximum absolute atomic E-state index is 6.61. The van der Waals surface area contributed by atoms with Crippen molar-refractivity contribution in [2.75, 3.05) is 6.61 Å². The molecule has 0 aliphatic heterocycles. The number of hydrogen-bond acceptors (Lipinski definition) is 2. The molecule has 0 unspecified atom stereocenters. The molecule has 3 heteroatoms. The van der Waals surface area contributed by atoms with E-state index in [0.29, 0.717) is 16.6 Å². The molecular formula is C15H33NOSi. The Morgan fingerprint density at radius 2 is 1.33 bits per heavy atom. The molecule has 0 atom stereocenters. The molecule has 18 heavy (non-hydrogen) atoms. The standard InChI is InChI=1S/C15H33NOSi/c1-12(2)18(13(3)4,14(5)6)17-11-15(16)9-7-8-10-15/h12-14H,7-11,16H2,1-6H3. The fourth-order valence-corrected chi connectivity index (χ4v) is 9.53. The topological polar surface area (TPSA) is 35.2 Å². The maximum atomic E-state index is 6.61. The van der Waals surface area contributed by atoms with Gasteiger partial charge in [0.25, 0.3) is 0 Å². The second-order valence-corrected chi connectivity index (χ2v) is 12.6. The lowest BCUT2D eigenvalue weighted by Gasteiger charge is -2.44. The normalized spacial score (nSPS) is 20.3. The first-order valence-corrected chi connectivity index (χ1v) is 9.81. The molecule has 0 aromatic heterocycles. The van der Waals surface area contributed by atoms with E-state index in [4.69, 9.17) is 10.2 Å². The Labute approximate surface area is 115 Å². The Hall–Kier alpha value is 0.137. The maximum Gasteiger partial charge on any atom is 0.200 e. The number of hydrogen-bond donors (Lipinski definition) is 1. The Morgan fingerprint density at radius 1 is 0.944 bits per heavy atom. The summed E-state index contributed by atoms with van der Waals surface area (Å²) in [5.41, 5.74) is 8.40. The van der Waals surface area contributed by atoms with E-state index in [1.165, 1.54) is 12.8 Å². The molecule has 0 saturated heterocycles. The van der Waals surface area contributed by atoms with Gasteiger partial charge in [0, 0.05) is 5.54 Å². The van der Waals surface area contributed by atoms with Crippen LogP contribution in [-0.2, 0) is 4.43 Å². The minimum absolute atomic E-state index is 0.0308. The van der Waals surface area contributed by atoms with Gasteiger partial charge in [-0.05, 0) is 29.5 Å². The van der Waals surface area contributed by atoms with Gasteiger partial charge in [-0.3, -0.25) is 0 Å². The lowest BCUT2D eigenvalue weighted by Crippen LogP contribution is -2.53. The van der Waals surface area contributed by atoms with Gasteiger partial charge >= 0.3 is 0 Å². The quantitative estimate of drug-likeness (QED) is 0.724. The van der Waals surface area contributed by atoms with Crippen molar-refractivity contribution >= 4 is 8.32 Å². The molecule has 108 valence electrons. The Balaban J connectivity index is 2.78. The Bertz CT molecular complexity index is 235. The van der Waals surface area contributed by atoms with Gasteiger partial charge in [-0.1, -0.05) is 54.4 Å². The van der Waals surface area contributed by atoms with E-state index in [2.05, 4.69) is 41.5 Å². The van der Waals surface area contributed by atoms with Crippen molar-refractivity contribution in [3.8, 4) is 0 Å². The van der Waals surface area contributed by atoms with Crippen molar-refractivity contribution in [2.45, 2.75) is 89.4 Å². The average Bonchev–Trinajstić information content (AvgIpc) is 2.64. The first-order chi connectivity index (χ1) is 8.24. The van der Waals surface area contributed by atoms with Gasteiger partial charge < -0.3 is 10.2 Å². The highest BCUT2D eigenvalue weighted by Crippen LogP contribution is 2.43. The summed E-state index contributed by atoms with van der Waals surface area (Å²) in [6.07, 6.45) is 4.84. The highest BCUT2D eigenvalue weighted by Gasteiger charge is 2.46. The zero-order valence-corrected chi connectivity index (χ0v) is 14.3. The molecule has 2 nitrogen and oxygen atoms in total. The van der Waals surface area contributed by atoms with E-state index in [1.807, 2.05) is 0 Å². The van der Waals surface area contributed by atoms with Crippen molar-refractivity contribution in [2.24, 2.45) is 5.73 Å². The second-order valence-electron chi connectivity index (χ2n) is 7.18. The lowest BCUT2D eigenvalue weighted by molar-refractivity contribution is 0.196. The zero-order chi connectivity index (χ0) is 14.0. The summed E-state index contributed by atoms with van der Waals surface area (Å²) in [6, 6.07) is 0. The molecule has 1 rings (SSSR count). The Kier molecular flexibility index (Phi) is 5.45. The minimum atomic E-state index is -1.72. The minimum Gasteiger partial charge on any atom is -0.414 e. The van der Waals surface area contributed by atoms with Crippen molar-refractivity contribution in [1.82, 2.24) is 0 Å². The third kappa shape index (κ3) is 3.17. The highest BCUT2D eigenvalue weighted by molar-refractivity contribution is 6.77. The van der Waals surface area contributed by atoms with E-state index in [9.17, 15) is 0 Å². The molecule has 1 aliphatic carbocycles. The molecule has 0 aromatic carbocycles. The molecule has 1 aliphatic rings. The number of rotatable bonds is 6. The first kappa shape index (κ1) is 16.2. The summed E-state index contributed by atoms with van der Waals surface area (Å²) in [6.45, 7) is 14.8. The summed E-state index contributed by atoms with van der Waals surface area (Å²) < 4.78 is 6.61. The molecule has 2 N–H and O–H groups in total. The highest BCUT2D eigenvalue weighted by atomic mass is 28.4. The third-order valence-corrected chi connectivity index (χ3v) is 11.0. The van der Waals surface area contributed by atoms with Gasteiger partial charge in [0.2, 0.25) is 0 Å². The second kappa shape index (κ2) is 6.06. The van der Waals surface area contributed by atoms with Crippen molar-refractivity contribution in [3.05, 3.63) is 0 Å².